The lowest BCUT2D eigenvalue weighted by atomic mass is 10.0. The summed E-state index contributed by atoms with van der Waals surface area (Å²) in [4.78, 5) is 16.0. The van der Waals surface area contributed by atoms with Crippen LogP contribution in [0.15, 0.2) is 23.1 Å². The zero-order chi connectivity index (χ0) is 24.8. The normalized spacial score (nSPS) is 21.1. The van der Waals surface area contributed by atoms with Gasteiger partial charge in [0.15, 0.2) is 0 Å². The number of amides is 1. The van der Waals surface area contributed by atoms with Crippen LogP contribution in [-0.4, -0.2) is 93.1 Å². The summed E-state index contributed by atoms with van der Waals surface area (Å²) in [5.74, 6) is 6.07. The molecule has 0 saturated heterocycles. The van der Waals surface area contributed by atoms with Crippen LogP contribution < -0.4 is 4.74 Å². The summed E-state index contributed by atoms with van der Waals surface area (Å²) < 4.78 is 34.6. The monoisotopic (exact) mass is 479 g/mol. The van der Waals surface area contributed by atoms with E-state index in [1.165, 1.54) is 10.4 Å². The van der Waals surface area contributed by atoms with E-state index in [0.717, 1.165) is 12.8 Å². The number of sulfonamides is 1. The molecule has 0 bridgehead atoms. The van der Waals surface area contributed by atoms with Gasteiger partial charge in [0.25, 0.3) is 0 Å². The Labute approximate surface area is 198 Å². The van der Waals surface area contributed by atoms with E-state index < -0.39 is 22.2 Å². The van der Waals surface area contributed by atoms with E-state index in [9.17, 15) is 18.3 Å². The van der Waals surface area contributed by atoms with Crippen LogP contribution in [0.4, 0.5) is 0 Å². The van der Waals surface area contributed by atoms with Crippen LogP contribution in [0.5, 0.6) is 5.75 Å². The number of unbranched alkanes of at least 4 members (excludes halogenated alkanes) is 1. The maximum atomic E-state index is 13.5. The van der Waals surface area contributed by atoms with Crippen LogP contribution >= 0.6 is 0 Å². The summed E-state index contributed by atoms with van der Waals surface area (Å²) in [6, 6.07) is 4.26. The molecule has 1 aliphatic heterocycles. The van der Waals surface area contributed by atoms with Crippen molar-refractivity contribution < 1.29 is 23.1 Å². The first-order valence-electron chi connectivity index (χ1n) is 11.3. The third kappa shape index (κ3) is 6.93. The predicted molar refractivity (Wildman–Crippen MR) is 128 cm³/mol. The van der Waals surface area contributed by atoms with Crippen molar-refractivity contribution in [3.05, 3.63) is 23.8 Å². The Morgan fingerprint density at radius 1 is 1.33 bits per heavy atom. The molecule has 8 nitrogen and oxygen atoms in total. The smallest absolute Gasteiger partial charge is 0.247 e. The second-order valence-electron chi connectivity index (χ2n) is 8.97. The van der Waals surface area contributed by atoms with Crippen LogP contribution in [0, 0.1) is 17.8 Å². The number of aliphatic hydroxyl groups is 1. The summed E-state index contributed by atoms with van der Waals surface area (Å²) in [7, 11) is 1.48. The number of fused-ring (bicyclic) bond motifs is 1. The van der Waals surface area contributed by atoms with Crippen LogP contribution in [-0.2, 0) is 14.8 Å². The van der Waals surface area contributed by atoms with Gasteiger partial charge in [0.05, 0.1) is 19.7 Å². The van der Waals surface area contributed by atoms with Crippen molar-refractivity contribution >= 4 is 15.9 Å². The number of aliphatic hydroxyl groups excluding tert-OH is 1. The summed E-state index contributed by atoms with van der Waals surface area (Å²) in [5, 5.41) is 9.74. The fourth-order valence-electron chi connectivity index (χ4n) is 3.57. The van der Waals surface area contributed by atoms with Crippen LogP contribution in [0.1, 0.15) is 39.2 Å². The second-order valence-corrected chi connectivity index (χ2v) is 10.8. The van der Waals surface area contributed by atoms with Crippen molar-refractivity contribution in [1.29, 1.82) is 0 Å². The second kappa shape index (κ2) is 11.8. The fourth-order valence-corrected chi connectivity index (χ4v) is 5.40. The van der Waals surface area contributed by atoms with Gasteiger partial charge in [0.2, 0.25) is 15.9 Å². The Kier molecular flexibility index (Phi) is 9.73. The van der Waals surface area contributed by atoms with Gasteiger partial charge >= 0.3 is 0 Å². The van der Waals surface area contributed by atoms with E-state index in [4.69, 9.17) is 4.74 Å². The molecular formula is C24H37N3O5S. The molecule has 0 aromatic heterocycles. The van der Waals surface area contributed by atoms with E-state index in [0.29, 0.717) is 12.1 Å². The summed E-state index contributed by atoms with van der Waals surface area (Å²) >= 11 is 0. The molecule has 0 fully saturated rings. The number of nitrogens with zero attached hydrogens (tertiary/aromatic N) is 3. The summed E-state index contributed by atoms with van der Waals surface area (Å²) in [5.41, 5.74) is 0.670. The highest BCUT2D eigenvalue weighted by atomic mass is 32.2. The van der Waals surface area contributed by atoms with Gasteiger partial charge in [0, 0.05) is 37.5 Å². The molecule has 1 aromatic carbocycles. The van der Waals surface area contributed by atoms with Gasteiger partial charge < -0.3 is 19.6 Å². The molecule has 1 aromatic rings. The average Bonchev–Trinajstić information content (AvgIpc) is 2.75. The fraction of sp³-hybridized carbons (Fsp3) is 0.625. The molecule has 9 heteroatoms. The largest absolute Gasteiger partial charge is 0.487 e. The van der Waals surface area contributed by atoms with E-state index >= 15 is 0 Å². The van der Waals surface area contributed by atoms with Gasteiger partial charge in [-0.3, -0.25) is 4.79 Å². The molecule has 0 aliphatic carbocycles. The molecule has 33 heavy (non-hydrogen) atoms. The maximum absolute atomic E-state index is 13.5. The number of hydrogen-bond acceptors (Lipinski definition) is 6. The van der Waals surface area contributed by atoms with Crippen molar-refractivity contribution in [2.24, 2.45) is 5.92 Å². The number of rotatable bonds is 7. The number of ether oxygens (including phenoxy) is 1. The number of benzene rings is 1. The van der Waals surface area contributed by atoms with Crippen LogP contribution in [0.2, 0.25) is 0 Å². The summed E-state index contributed by atoms with van der Waals surface area (Å²) in [6.07, 6.45) is 1.24. The van der Waals surface area contributed by atoms with Gasteiger partial charge in [-0.1, -0.05) is 25.7 Å². The van der Waals surface area contributed by atoms with Crippen molar-refractivity contribution in [1.82, 2.24) is 14.1 Å². The number of hydrogen-bond donors (Lipinski definition) is 1. The van der Waals surface area contributed by atoms with Gasteiger partial charge in [-0.05, 0) is 45.6 Å². The minimum atomic E-state index is -3.90. The Morgan fingerprint density at radius 3 is 2.64 bits per heavy atom. The van der Waals surface area contributed by atoms with E-state index in [1.54, 1.807) is 35.9 Å². The molecule has 0 radical (unpaired) electrons. The third-order valence-corrected chi connectivity index (χ3v) is 7.63. The molecule has 1 aliphatic rings. The molecule has 0 saturated carbocycles. The Hall–Kier alpha value is -2.12. The Bertz CT molecular complexity index is 984. The Balaban J connectivity index is 2.50. The van der Waals surface area contributed by atoms with Gasteiger partial charge in [0.1, 0.15) is 16.7 Å². The van der Waals surface area contributed by atoms with Crippen molar-refractivity contribution in [3.63, 3.8) is 0 Å². The predicted octanol–water partition coefficient (Wildman–Crippen LogP) is 1.63. The van der Waals surface area contributed by atoms with Crippen LogP contribution in [0.25, 0.3) is 0 Å². The third-order valence-electron chi connectivity index (χ3n) is 5.61. The molecule has 2 rings (SSSR count). The van der Waals surface area contributed by atoms with E-state index in [-0.39, 0.29) is 42.2 Å². The highest BCUT2D eigenvalue weighted by Gasteiger charge is 2.38. The first-order chi connectivity index (χ1) is 15.5. The molecule has 0 spiro atoms. The highest BCUT2D eigenvalue weighted by molar-refractivity contribution is 7.89. The molecule has 3 atom stereocenters. The minimum absolute atomic E-state index is 0.0445. The first-order valence-corrected chi connectivity index (χ1v) is 12.8. The SMILES string of the molecule is CCCC#Cc1ccc2c(c1)O[C@@H](CN(C)C(=O)CN(C)C)[C@H](C)CN([C@@H](C)CO)S2(=O)=O. The standard InChI is InChI=1S/C24H37N3O5S/c1-7-8-9-10-20-11-12-23-21(13-20)32-22(15-26(6)24(29)16-25(4)5)18(2)14-27(19(3)17-28)33(23,30)31/h11-13,18-19,22,28H,7-8,14-17H2,1-6H3/t18-,19+,22+/m1/s1. The lowest BCUT2D eigenvalue weighted by Gasteiger charge is -2.37. The minimum Gasteiger partial charge on any atom is -0.487 e. The number of carbonyl (C=O) groups excluding carboxylic acids is 1. The molecule has 0 unspecified atom stereocenters. The summed E-state index contributed by atoms with van der Waals surface area (Å²) in [6.45, 7) is 6.07. The Morgan fingerprint density at radius 2 is 2.03 bits per heavy atom. The van der Waals surface area contributed by atoms with Crippen molar-refractivity contribution in [2.45, 2.75) is 50.7 Å². The topological polar surface area (TPSA) is 90.4 Å². The molecule has 184 valence electrons. The highest BCUT2D eigenvalue weighted by Crippen LogP contribution is 2.34. The van der Waals surface area contributed by atoms with Gasteiger partial charge in [-0.15, -0.1) is 0 Å². The average molecular weight is 480 g/mol. The van der Waals surface area contributed by atoms with E-state index in [1.807, 2.05) is 27.9 Å². The van der Waals surface area contributed by atoms with Crippen molar-refractivity contribution in [3.8, 4) is 17.6 Å². The lowest BCUT2D eigenvalue weighted by Crippen LogP contribution is -2.50. The quantitative estimate of drug-likeness (QED) is 0.598. The lowest BCUT2D eigenvalue weighted by molar-refractivity contribution is -0.132. The first kappa shape index (κ1) is 27.1. The molecule has 1 amide bonds. The van der Waals surface area contributed by atoms with E-state index in [2.05, 4.69) is 11.8 Å². The number of likely N-dealkylation sites (N-methyl/N-ethyl adjacent to an activating group) is 2. The molecule has 1 heterocycles. The zero-order valence-electron chi connectivity index (χ0n) is 20.5. The van der Waals surface area contributed by atoms with Gasteiger partial charge in [-0.2, -0.15) is 4.31 Å². The zero-order valence-corrected chi connectivity index (χ0v) is 21.4. The molecule has 1 N–H and O–H groups in total. The maximum Gasteiger partial charge on any atom is 0.247 e. The van der Waals surface area contributed by atoms with Gasteiger partial charge in [-0.25, -0.2) is 8.42 Å². The number of carbonyl (C=O) groups is 1. The van der Waals surface area contributed by atoms with Crippen molar-refractivity contribution in [2.75, 3.05) is 47.4 Å². The molecular weight excluding hydrogens is 442 g/mol. The van der Waals surface area contributed by atoms with Crippen LogP contribution in [0.3, 0.4) is 0 Å².